The molecule has 0 atom stereocenters. The van der Waals surface area contributed by atoms with Gasteiger partial charge in [0.2, 0.25) is 0 Å². The zero-order valence-electron chi connectivity index (χ0n) is 22.0. The monoisotopic (exact) mass is 658 g/mol. The van der Waals surface area contributed by atoms with E-state index in [1.807, 2.05) is 0 Å². The Labute approximate surface area is 261 Å². The first kappa shape index (κ1) is 34.4. The van der Waals surface area contributed by atoms with Crippen LogP contribution >= 0.6 is 0 Å². The van der Waals surface area contributed by atoms with E-state index in [-0.39, 0.29) is 55.8 Å². The molecule has 0 amide bonds. The molecule has 0 unspecified atom stereocenters. The van der Waals surface area contributed by atoms with Crippen LogP contribution in [0.25, 0.3) is 21.5 Å². The van der Waals surface area contributed by atoms with Crippen molar-refractivity contribution in [1.29, 1.82) is 0 Å². The van der Waals surface area contributed by atoms with Crippen LogP contribution in [-0.4, -0.2) is 72.9 Å². The Balaban J connectivity index is 0.000000225. The Morgan fingerprint density at radius 2 is 0.595 bits per heavy atom. The van der Waals surface area contributed by atoms with Crippen LogP contribution in [0.2, 0.25) is 0 Å². The van der Waals surface area contributed by atoms with Gasteiger partial charge in [0.15, 0.2) is 0 Å². The smallest absolute Gasteiger partial charge is 0.545 e. The van der Waals surface area contributed by atoms with Crippen LogP contribution in [0.5, 0.6) is 0 Å². The molecule has 3 heterocycles. The number of benzene rings is 4. The van der Waals surface area contributed by atoms with Crippen LogP contribution in [-0.2, 0) is 33.6 Å². The number of carboxylic acids is 4. The molecular formula is C30H24Co2N2O8. The molecule has 220 valence electrons. The average molecular weight is 658 g/mol. The maximum Gasteiger partial charge on any atom is 2.00 e. The molecule has 0 saturated carbocycles. The summed E-state index contributed by atoms with van der Waals surface area (Å²) in [5, 5.41) is 45.0. The van der Waals surface area contributed by atoms with Gasteiger partial charge in [0, 0.05) is 39.3 Å². The number of fused-ring (bicyclic) bond motifs is 5. The van der Waals surface area contributed by atoms with Gasteiger partial charge < -0.3 is 39.6 Å². The molecule has 3 aliphatic rings. The number of carbonyl (C=O) groups is 4. The molecule has 0 N–H and O–H groups in total. The van der Waals surface area contributed by atoms with E-state index in [4.69, 9.17) is 0 Å². The molecule has 3 aliphatic heterocycles. The molecule has 0 aliphatic carbocycles. The summed E-state index contributed by atoms with van der Waals surface area (Å²) < 4.78 is 0. The third kappa shape index (κ3) is 8.85. The zero-order chi connectivity index (χ0) is 28.8. The summed E-state index contributed by atoms with van der Waals surface area (Å²) in [6.45, 7) is 7.92. The second-order valence-electron chi connectivity index (χ2n) is 9.39. The van der Waals surface area contributed by atoms with E-state index in [2.05, 4.69) is 9.80 Å². The van der Waals surface area contributed by atoms with Crippen molar-refractivity contribution in [2.24, 2.45) is 0 Å². The number of rotatable bonds is 4. The van der Waals surface area contributed by atoms with Gasteiger partial charge in [-0.3, -0.25) is 9.80 Å². The molecule has 7 rings (SSSR count). The fourth-order valence-electron chi connectivity index (χ4n) is 4.52. The molecule has 4 aromatic carbocycles. The number of carboxylic acid groups (broad SMARTS) is 4. The maximum absolute atomic E-state index is 10.6. The normalized spacial score (nSPS) is 16.4. The Morgan fingerprint density at radius 3 is 0.738 bits per heavy atom. The van der Waals surface area contributed by atoms with Crippen molar-refractivity contribution >= 4 is 45.4 Å². The van der Waals surface area contributed by atoms with Gasteiger partial charge in [-0.15, -0.1) is 0 Å². The minimum Gasteiger partial charge on any atom is -0.545 e. The molecule has 42 heavy (non-hydrogen) atoms. The summed E-state index contributed by atoms with van der Waals surface area (Å²) >= 11 is 0. The van der Waals surface area contributed by atoms with E-state index in [1.54, 1.807) is 0 Å². The number of carbonyl (C=O) groups excluding carboxylic acids is 4. The van der Waals surface area contributed by atoms with Crippen molar-refractivity contribution in [2.75, 3.05) is 39.3 Å². The van der Waals surface area contributed by atoms with E-state index < -0.39 is 23.9 Å². The fourth-order valence-corrected chi connectivity index (χ4v) is 4.52. The molecule has 4 aromatic rings. The van der Waals surface area contributed by atoms with Gasteiger partial charge >= 0.3 is 33.6 Å². The molecule has 3 saturated heterocycles. The van der Waals surface area contributed by atoms with Crippen LogP contribution in [0.3, 0.4) is 0 Å². The third-order valence-electron chi connectivity index (χ3n) is 6.82. The van der Waals surface area contributed by atoms with Gasteiger partial charge in [-0.05, 0) is 68.1 Å². The van der Waals surface area contributed by atoms with Crippen LogP contribution in [0, 0.1) is 0 Å². The predicted molar refractivity (Wildman–Crippen MR) is 138 cm³/mol. The first-order valence-corrected chi connectivity index (χ1v) is 12.5. The molecule has 2 bridgehead atoms. The van der Waals surface area contributed by atoms with Gasteiger partial charge in [-0.25, -0.2) is 0 Å². The standard InChI is InChI=1S/2C12H8O4.C6H12N2.2Co/c2*13-11(14)9-3-1-7-5-10(12(15)16)4-2-8(7)6-9;1-2-8-5-3-7(1)4-6-8;;/h2*1-6H,(H,13,14)(H,15,16);1-6H2;;/q;;;2*+2/p-4. The third-order valence-corrected chi connectivity index (χ3v) is 6.82. The zero-order valence-corrected chi connectivity index (χ0v) is 24.1. The predicted octanol–water partition coefficient (Wildman–Crippen LogP) is -1.25. The Hall–Kier alpha value is -3.79. The van der Waals surface area contributed by atoms with Gasteiger partial charge in [-0.2, -0.15) is 0 Å². The van der Waals surface area contributed by atoms with Crippen molar-refractivity contribution in [3.8, 4) is 0 Å². The average Bonchev–Trinajstić information content (AvgIpc) is 2.97. The Bertz CT molecular complexity index is 1370. The quantitative estimate of drug-likeness (QED) is 0.259. The molecule has 12 heteroatoms. The van der Waals surface area contributed by atoms with Crippen molar-refractivity contribution in [3.05, 3.63) is 95.1 Å². The number of hydrogen-bond acceptors (Lipinski definition) is 10. The number of nitrogens with zero attached hydrogens (tertiary/aromatic N) is 2. The summed E-state index contributed by atoms with van der Waals surface area (Å²) in [6, 6.07) is 17.4. The van der Waals surface area contributed by atoms with Crippen molar-refractivity contribution < 1.29 is 73.2 Å². The van der Waals surface area contributed by atoms with Gasteiger partial charge in [0.25, 0.3) is 0 Å². The van der Waals surface area contributed by atoms with Gasteiger partial charge in [-0.1, -0.05) is 48.5 Å². The number of piperazine rings is 3. The minimum absolute atomic E-state index is 0. The maximum atomic E-state index is 10.6. The Kier molecular flexibility index (Phi) is 12.7. The van der Waals surface area contributed by atoms with Crippen LogP contribution < -0.4 is 20.4 Å². The minimum atomic E-state index is -1.26. The summed E-state index contributed by atoms with van der Waals surface area (Å²) in [5.74, 6) is -5.03. The van der Waals surface area contributed by atoms with E-state index in [0.717, 1.165) is 0 Å². The summed E-state index contributed by atoms with van der Waals surface area (Å²) in [6.07, 6.45) is 0. The summed E-state index contributed by atoms with van der Waals surface area (Å²) in [7, 11) is 0. The Morgan fingerprint density at radius 1 is 0.405 bits per heavy atom. The SMILES string of the molecule is C1CN2CCN1CC2.O=C([O-])c1ccc2cc(C(=O)[O-])ccc2c1.O=C([O-])c1ccc2cc(C(=O)[O-])ccc2c1.[Co+2].[Co+2]. The first-order valence-electron chi connectivity index (χ1n) is 12.5. The van der Waals surface area contributed by atoms with Crippen LogP contribution in [0.4, 0.5) is 0 Å². The fraction of sp³-hybridized carbons (Fsp3) is 0.200. The number of aromatic carboxylic acids is 4. The van der Waals surface area contributed by atoms with E-state index in [0.29, 0.717) is 21.5 Å². The van der Waals surface area contributed by atoms with Crippen molar-refractivity contribution in [2.45, 2.75) is 0 Å². The first-order chi connectivity index (χ1) is 19.1. The van der Waals surface area contributed by atoms with Crippen LogP contribution in [0.1, 0.15) is 41.4 Å². The second kappa shape index (κ2) is 15.4. The molecule has 0 spiro atoms. The van der Waals surface area contributed by atoms with Crippen molar-refractivity contribution in [3.63, 3.8) is 0 Å². The molecule has 2 radical (unpaired) electrons. The van der Waals surface area contributed by atoms with Gasteiger partial charge in [0.05, 0.1) is 23.9 Å². The largest absolute Gasteiger partial charge is 2.00 e. The van der Waals surface area contributed by atoms with E-state index >= 15 is 0 Å². The summed E-state index contributed by atoms with van der Waals surface area (Å²) in [4.78, 5) is 47.5. The number of hydrogen-bond donors (Lipinski definition) is 0. The van der Waals surface area contributed by atoms with E-state index in [1.165, 1.54) is 112 Å². The molecule has 0 aromatic heterocycles. The molecular weight excluding hydrogens is 634 g/mol. The molecule has 3 fully saturated rings. The molecule has 10 nitrogen and oxygen atoms in total. The topological polar surface area (TPSA) is 167 Å². The summed E-state index contributed by atoms with van der Waals surface area (Å²) in [5.41, 5.74) is 0.254. The van der Waals surface area contributed by atoms with E-state index in [9.17, 15) is 39.6 Å². The van der Waals surface area contributed by atoms with Gasteiger partial charge in [0.1, 0.15) is 0 Å². The second-order valence-corrected chi connectivity index (χ2v) is 9.39. The van der Waals surface area contributed by atoms with Crippen LogP contribution in [0.15, 0.2) is 72.8 Å². The van der Waals surface area contributed by atoms with Crippen molar-refractivity contribution in [1.82, 2.24) is 9.80 Å².